The van der Waals surface area contributed by atoms with Crippen LogP contribution in [-0.4, -0.2) is 21.8 Å². The van der Waals surface area contributed by atoms with Crippen molar-refractivity contribution in [2.75, 3.05) is 0 Å². The first-order valence-corrected chi connectivity index (χ1v) is 6.97. The van der Waals surface area contributed by atoms with E-state index in [0.29, 0.717) is 23.3 Å². The Morgan fingerprint density at radius 3 is 2.45 bits per heavy atom. The van der Waals surface area contributed by atoms with E-state index in [1.165, 1.54) is 18.2 Å². The van der Waals surface area contributed by atoms with Gasteiger partial charge < -0.3 is 10.2 Å². The Morgan fingerprint density at radius 2 is 1.82 bits per heavy atom. The molecule has 0 atom stereocenters. The predicted octanol–water partition coefficient (Wildman–Crippen LogP) is 2.95. The van der Waals surface area contributed by atoms with Crippen molar-refractivity contribution < 1.29 is 15.0 Å². The molecule has 0 aliphatic carbocycles. The molecule has 5 nitrogen and oxygen atoms in total. The molecule has 0 aliphatic heterocycles. The second-order valence-electron chi connectivity index (χ2n) is 4.92. The lowest BCUT2D eigenvalue weighted by atomic mass is 10.1. The van der Waals surface area contributed by atoms with Gasteiger partial charge in [0.15, 0.2) is 0 Å². The maximum atomic E-state index is 12.0. The summed E-state index contributed by atoms with van der Waals surface area (Å²) in [6, 6.07) is 11.3. The van der Waals surface area contributed by atoms with Crippen LogP contribution in [0.3, 0.4) is 0 Å². The highest BCUT2D eigenvalue weighted by atomic mass is 16.3. The minimum atomic E-state index is -0.328. The predicted molar refractivity (Wildman–Crippen MR) is 85.2 cm³/mol. The largest absolute Gasteiger partial charge is 0.508 e. The number of phenols is 2. The highest BCUT2D eigenvalue weighted by Gasteiger charge is 2.10. The third-order valence-electron chi connectivity index (χ3n) is 3.23. The van der Waals surface area contributed by atoms with Crippen LogP contribution in [0.15, 0.2) is 47.6 Å². The fraction of sp³-hybridized carbons (Fsp3) is 0.176. The van der Waals surface area contributed by atoms with Crippen LogP contribution in [0.2, 0.25) is 0 Å². The van der Waals surface area contributed by atoms with Crippen LogP contribution in [-0.2, 0) is 0 Å². The summed E-state index contributed by atoms with van der Waals surface area (Å²) in [4.78, 5) is 12.0. The Bertz CT molecular complexity index is 706. The fourth-order valence-electron chi connectivity index (χ4n) is 1.97. The normalized spacial score (nSPS) is 11.3. The Morgan fingerprint density at radius 1 is 1.14 bits per heavy atom. The van der Waals surface area contributed by atoms with Gasteiger partial charge in [-0.3, -0.25) is 4.79 Å². The molecular formula is C17H18N2O3. The zero-order valence-electron chi connectivity index (χ0n) is 12.5. The fourth-order valence-corrected chi connectivity index (χ4v) is 1.97. The summed E-state index contributed by atoms with van der Waals surface area (Å²) >= 11 is 0. The number of nitrogens with zero attached hydrogens (tertiary/aromatic N) is 1. The van der Waals surface area contributed by atoms with Crippen molar-refractivity contribution in [2.45, 2.75) is 20.3 Å². The molecule has 0 saturated carbocycles. The van der Waals surface area contributed by atoms with Gasteiger partial charge in [0, 0.05) is 11.1 Å². The molecule has 114 valence electrons. The molecule has 1 amide bonds. The first kappa shape index (κ1) is 15.6. The number of hydrogen-bond donors (Lipinski definition) is 3. The van der Waals surface area contributed by atoms with Gasteiger partial charge in [0.1, 0.15) is 11.5 Å². The van der Waals surface area contributed by atoms with Crippen molar-refractivity contribution >= 4 is 11.6 Å². The zero-order chi connectivity index (χ0) is 16.1. The number of carbonyl (C=O) groups excluding carboxylic acids is 1. The minimum absolute atomic E-state index is 0.00276. The lowest BCUT2D eigenvalue weighted by Crippen LogP contribution is -2.20. The average molecular weight is 298 g/mol. The summed E-state index contributed by atoms with van der Waals surface area (Å²) in [6.07, 6.45) is 0.491. The molecule has 0 heterocycles. The Hall–Kier alpha value is -2.82. The molecule has 2 aromatic carbocycles. The van der Waals surface area contributed by atoms with E-state index in [2.05, 4.69) is 10.5 Å². The highest BCUT2D eigenvalue weighted by molar-refractivity contribution is 6.04. The molecule has 5 heteroatoms. The van der Waals surface area contributed by atoms with E-state index in [0.717, 1.165) is 5.56 Å². The number of aromatic hydroxyl groups is 2. The molecule has 0 aromatic heterocycles. The van der Waals surface area contributed by atoms with Crippen molar-refractivity contribution in [1.82, 2.24) is 5.43 Å². The van der Waals surface area contributed by atoms with E-state index in [-0.39, 0.29) is 17.4 Å². The maximum Gasteiger partial charge on any atom is 0.271 e. The first-order valence-electron chi connectivity index (χ1n) is 6.97. The molecule has 0 saturated heterocycles. The van der Waals surface area contributed by atoms with Crippen molar-refractivity contribution in [1.29, 1.82) is 0 Å². The van der Waals surface area contributed by atoms with E-state index < -0.39 is 0 Å². The topological polar surface area (TPSA) is 81.9 Å². The van der Waals surface area contributed by atoms with Crippen LogP contribution in [0, 0.1) is 6.92 Å². The number of rotatable bonds is 4. The zero-order valence-corrected chi connectivity index (χ0v) is 12.5. The SMILES string of the molecule is CCC(=NNC(=O)c1ccc(C)cc1)c1cc(O)ccc1O. The van der Waals surface area contributed by atoms with Crippen LogP contribution in [0.1, 0.15) is 34.8 Å². The summed E-state index contributed by atoms with van der Waals surface area (Å²) in [5.41, 5.74) is 4.92. The monoisotopic (exact) mass is 298 g/mol. The summed E-state index contributed by atoms with van der Waals surface area (Å²) in [7, 11) is 0. The number of hydrogen-bond acceptors (Lipinski definition) is 4. The van der Waals surface area contributed by atoms with Crippen LogP contribution < -0.4 is 5.43 Å². The Kier molecular flexibility index (Phi) is 4.78. The van der Waals surface area contributed by atoms with Gasteiger partial charge >= 0.3 is 0 Å². The first-order chi connectivity index (χ1) is 10.5. The van der Waals surface area contributed by atoms with Crippen LogP contribution in [0.25, 0.3) is 0 Å². The second kappa shape index (κ2) is 6.76. The smallest absolute Gasteiger partial charge is 0.271 e. The van der Waals surface area contributed by atoms with Gasteiger partial charge in [0.25, 0.3) is 5.91 Å². The van der Waals surface area contributed by atoms with E-state index >= 15 is 0 Å². The van der Waals surface area contributed by atoms with Crippen LogP contribution >= 0.6 is 0 Å². The number of hydrazone groups is 1. The standard InChI is InChI=1S/C17H18N2O3/c1-3-15(14-10-13(20)8-9-16(14)21)18-19-17(22)12-6-4-11(2)5-7-12/h4-10,20-21H,3H2,1-2H3,(H,19,22). The molecule has 3 N–H and O–H groups in total. The van der Waals surface area contributed by atoms with Gasteiger partial charge in [0.2, 0.25) is 0 Å². The van der Waals surface area contributed by atoms with Gasteiger partial charge in [0.05, 0.1) is 5.71 Å². The molecule has 0 spiro atoms. The lowest BCUT2D eigenvalue weighted by molar-refractivity contribution is 0.0955. The third-order valence-corrected chi connectivity index (χ3v) is 3.23. The molecule has 0 unspecified atom stereocenters. The van der Waals surface area contributed by atoms with E-state index in [1.54, 1.807) is 12.1 Å². The summed E-state index contributed by atoms with van der Waals surface area (Å²) in [6.45, 7) is 3.79. The molecule has 0 radical (unpaired) electrons. The van der Waals surface area contributed by atoms with Gasteiger partial charge in [-0.2, -0.15) is 5.10 Å². The van der Waals surface area contributed by atoms with Gasteiger partial charge in [-0.05, 0) is 43.7 Å². The maximum absolute atomic E-state index is 12.0. The lowest BCUT2D eigenvalue weighted by Gasteiger charge is -2.08. The van der Waals surface area contributed by atoms with Crippen molar-refractivity contribution in [3.63, 3.8) is 0 Å². The van der Waals surface area contributed by atoms with Crippen molar-refractivity contribution in [2.24, 2.45) is 5.10 Å². The summed E-state index contributed by atoms with van der Waals surface area (Å²) in [5, 5.41) is 23.4. The molecule has 0 aliphatic rings. The van der Waals surface area contributed by atoms with Gasteiger partial charge in [-0.1, -0.05) is 24.6 Å². The van der Waals surface area contributed by atoms with Crippen LogP contribution in [0.5, 0.6) is 11.5 Å². The van der Waals surface area contributed by atoms with E-state index in [4.69, 9.17) is 0 Å². The highest BCUT2D eigenvalue weighted by Crippen LogP contribution is 2.23. The molecule has 2 aromatic rings. The molecule has 0 bridgehead atoms. The Labute approximate surface area is 128 Å². The quantitative estimate of drug-likeness (QED) is 0.461. The second-order valence-corrected chi connectivity index (χ2v) is 4.92. The Balaban J connectivity index is 2.20. The number of carbonyl (C=O) groups is 1. The average Bonchev–Trinajstić information content (AvgIpc) is 2.51. The summed E-state index contributed by atoms with van der Waals surface area (Å²) < 4.78 is 0. The minimum Gasteiger partial charge on any atom is -0.508 e. The molecule has 0 fully saturated rings. The number of nitrogens with one attached hydrogen (secondary N) is 1. The molecule has 22 heavy (non-hydrogen) atoms. The number of phenolic OH excluding ortho intramolecular Hbond substituents is 2. The number of amides is 1. The van der Waals surface area contributed by atoms with Crippen molar-refractivity contribution in [3.8, 4) is 11.5 Å². The van der Waals surface area contributed by atoms with Gasteiger partial charge in [-0.15, -0.1) is 0 Å². The van der Waals surface area contributed by atoms with Gasteiger partial charge in [-0.25, -0.2) is 5.43 Å². The molecule has 2 rings (SSSR count). The van der Waals surface area contributed by atoms with E-state index in [9.17, 15) is 15.0 Å². The van der Waals surface area contributed by atoms with Crippen LogP contribution in [0.4, 0.5) is 0 Å². The van der Waals surface area contributed by atoms with E-state index in [1.807, 2.05) is 26.0 Å². The number of benzene rings is 2. The van der Waals surface area contributed by atoms with Crippen molar-refractivity contribution in [3.05, 3.63) is 59.2 Å². The third kappa shape index (κ3) is 3.63. The number of aryl methyl sites for hydroxylation is 1. The molecular weight excluding hydrogens is 280 g/mol. The summed E-state index contributed by atoms with van der Waals surface area (Å²) in [5.74, 6) is -0.299.